The molecule has 25 heavy (non-hydrogen) atoms. The first-order valence-corrected chi connectivity index (χ1v) is 9.31. The SMILES string of the molecule is Cc1ccc(Cl)cc1NC1=C(c2cccs2)C(=O)N(CC(C)C)C1=O. The van der Waals surface area contributed by atoms with E-state index in [0.29, 0.717) is 22.8 Å². The molecule has 0 atom stereocenters. The number of imide groups is 1. The Morgan fingerprint density at radius 1 is 1.20 bits per heavy atom. The minimum absolute atomic E-state index is 0.199. The molecule has 2 heterocycles. The summed E-state index contributed by atoms with van der Waals surface area (Å²) in [5, 5.41) is 5.63. The summed E-state index contributed by atoms with van der Waals surface area (Å²) >= 11 is 7.53. The molecule has 0 unspecified atom stereocenters. The summed E-state index contributed by atoms with van der Waals surface area (Å²) in [6.45, 7) is 6.29. The standard InChI is InChI=1S/C19H19ClN2O2S/c1-11(2)10-22-18(23)16(15-5-4-8-25-15)17(19(22)24)21-14-9-13(20)7-6-12(14)3/h4-9,11,21H,10H2,1-3H3. The first-order valence-electron chi connectivity index (χ1n) is 8.06. The second-order valence-electron chi connectivity index (χ2n) is 6.43. The molecule has 1 N–H and O–H groups in total. The molecule has 1 aliphatic heterocycles. The molecule has 1 aromatic heterocycles. The lowest BCUT2D eigenvalue weighted by Gasteiger charge is -2.17. The van der Waals surface area contributed by atoms with E-state index >= 15 is 0 Å². The van der Waals surface area contributed by atoms with Crippen LogP contribution in [0.2, 0.25) is 5.02 Å². The topological polar surface area (TPSA) is 49.4 Å². The zero-order chi connectivity index (χ0) is 18.1. The molecule has 1 aliphatic rings. The van der Waals surface area contributed by atoms with Crippen LogP contribution >= 0.6 is 22.9 Å². The number of thiophene rings is 1. The van der Waals surface area contributed by atoms with Gasteiger partial charge in [-0.25, -0.2) is 0 Å². The summed E-state index contributed by atoms with van der Waals surface area (Å²) in [6.07, 6.45) is 0. The maximum Gasteiger partial charge on any atom is 0.278 e. The average Bonchev–Trinajstić information content (AvgIpc) is 3.14. The quantitative estimate of drug-likeness (QED) is 0.780. The Bertz CT molecular complexity index is 856. The van der Waals surface area contributed by atoms with Gasteiger partial charge in [-0.1, -0.05) is 37.6 Å². The monoisotopic (exact) mass is 374 g/mol. The number of nitrogens with one attached hydrogen (secondary N) is 1. The molecule has 0 fully saturated rings. The number of benzene rings is 1. The molecule has 2 aromatic rings. The highest BCUT2D eigenvalue weighted by molar-refractivity contribution is 7.11. The molecular formula is C19H19ClN2O2S. The van der Waals surface area contributed by atoms with Crippen LogP contribution in [-0.2, 0) is 9.59 Å². The Labute approximate surface area is 156 Å². The van der Waals surface area contributed by atoms with Crippen LogP contribution in [0.25, 0.3) is 5.57 Å². The molecule has 0 bridgehead atoms. The molecule has 0 aliphatic carbocycles. The molecular weight excluding hydrogens is 356 g/mol. The van der Waals surface area contributed by atoms with Crippen molar-refractivity contribution in [1.29, 1.82) is 0 Å². The van der Waals surface area contributed by atoms with E-state index in [1.165, 1.54) is 16.2 Å². The fraction of sp³-hybridized carbons (Fsp3) is 0.263. The van der Waals surface area contributed by atoms with Gasteiger partial charge in [-0.2, -0.15) is 0 Å². The van der Waals surface area contributed by atoms with Gasteiger partial charge in [0, 0.05) is 22.1 Å². The van der Waals surface area contributed by atoms with Crippen LogP contribution < -0.4 is 5.32 Å². The fourth-order valence-corrected chi connectivity index (χ4v) is 3.68. The van der Waals surface area contributed by atoms with Gasteiger partial charge in [-0.05, 0) is 42.0 Å². The van der Waals surface area contributed by atoms with Gasteiger partial charge in [-0.3, -0.25) is 14.5 Å². The van der Waals surface area contributed by atoms with Crippen molar-refractivity contribution >= 4 is 46.0 Å². The number of aryl methyl sites for hydroxylation is 1. The maximum absolute atomic E-state index is 12.9. The van der Waals surface area contributed by atoms with Crippen molar-refractivity contribution in [3.8, 4) is 0 Å². The Kier molecular flexibility index (Phi) is 4.97. The highest BCUT2D eigenvalue weighted by Crippen LogP contribution is 2.34. The maximum atomic E-state index is 12.9. The predicted octanol–water partition coefficient (Wildman–Crippen LogP) is 4.56. The molecule has 130 valence electrons. The van der Waals surface area contributed by atoms with Gasteiger partial charge in [0.2, 0.25) is 0 Å². The second kappa shape index (κ2) is 7.02. The Balaban J connectivity index is 2.06. The molecule has 2 amide bonds. The lowest BCUT2D eigenvalue weighted by molar-refractivity contribution is -0.137. The van der Waals surface area contributed by atoms with Crippen LogP contribution in [0.5, 0.6) is 0 Å². The van der Waals surface area contributed by atoms with Crippen molar-refractivity contribution < 1.29 is 9.59 Å². The number of nitrogens with zero attached hydrogens (tertiary/aromatic N) is 1. The van der Waals surface area contributed by atoms with Gasteiger partial charge in [0.25, 0.3) is 11.8 Å². The minimum atomic E-state index is -0.290. The van der Waals surface area contributed by atoms with Gasteiger partial charge >= 0.3 is 0 Å². The number of anilines is 1. The van der Waals surface area contributed by atoms with Gasteiger partial charge in [0.15, 0.2) is 0 Å². The predicted molar refractivity (Wildman–Crippen MR) is 103 cm³/mol. The Hall–Kier alpha value is -2.11. The molecule has 1 aromatic carbocycles. The van der Waals surface area contributed by atoms with Gasteiger partial charge < -0.3 is 5.32 Å². The van der Waals surface area contributed by atoms with Crippen molar-refractivity contribution in [1.82, 2.24) is 4.90 Å². The Morgan fingerprint density at radius 2 is 1.96 bits per heavy atom. The van der Waals surface area contributed by atoms with Crippen LogP contribution in [-0.4, -0.2) is 23.3 Å². The van der Waals surface area contributed by atoms with E-state index < -0.39 is 0 Å². The summed E-state index contributed by atoms with van der Waals surface area (Å²) in [4.78, 5) is 27.9. The van der Waals surface area contributed by atoms with Crippen molar-refractivity contribution in [2.24, 2.45) is 5.92 Å². The molecule has 0 radical (unpaired) electrons. The summed E-state index contributed by atoms with van der Waals surface area (Å²) in [7, 11) is 0. The van der Waals surface area contributed by atoms with Crippen LogP contribution in [0.1, 0.15) is 24.3 Å². The number of rotatable bonds is 5. The van der Waals surface area contributed by atoms with E-state index in [-0.39, 0.29) is 17.7 Å². The minimum Gasteiger partial charge on any atom is -0.350 e. The molecule has 0 saturated heterocycles. The molecule has 4 nitrogen and oxygen atoms in total. The third kappa shape index (κ3) is 3.48. The average molecular weight is 375 g/mol. The first-order chi connectivity index (χ1) is 11.9. The van der Waals surface area contributed by atoms with Crippen LogP contribution in [0.3, 0.4) is 0 Å². The van der Waals surface area contributed by atoms with Crippen molar-refractivity contribution in [2.45, 2.75) is 20.8 Å². The Morgan fingerprint density at radius 3 is 2.60 bits per heavy atom. The molecule has 6 heteroatoms. The number of halogens is 1. The number of carbonyl (C=O) groups excluding carboxylic acids is 2. The lowest BCUT2D eigenvalue weighted by atomic mass is 10.1. The largest absolute Gasteiger partial charge is 0.350 e. The lowest BCUT2D eigenvalue weighted by Crippen LogP contribution is -2.35. The van der Waals surface area contributed by atoms with E-state index in [0.717, 1.165) is 16.1 Å². The van der Waals surface area contributed by atoms with Gasteiger partial charge in [-0.15, -0.1) is 11.3 Å². The van der Waals surface area contributed by atoms with Crippen LogP contribution in [0, 0.1) is 12.8 Å². The van der Waals surface area contributed by atoms with E-state index in [1.807, 2.05) is 44.4 Å². The molecule has 0 saturated carbocycles. The smallest absolute Gasteiger partial charge is 0.278 e. The highest BCUT2D eigenvalue weighted by atomic mass is 35.5. The summed E-state index contributed by atoms with van der Waals surface area (Å²) < 4.78 is 0. The van der Waals surface area contributed by atoms with E-state index in [2.05, 4.69) is 5.32 Å². The number of carbonyl (C=O) groups is 2. The van der Waals surface area contributed by atoms with Crippen molar-refractivity contribution in [3.05, 3.63) is 56.9 Å². The van der Waals surface area contributed by atoms with Gasteiger partial charge in [0.05, 0.1) is 5.57 Å². The van der Waals surface area contributed by atoms with Crippen LogP contribution in [0.15, 0.2) is 41.4 Å². The summed E-state index contributed by atoms with van der Waals surface area (Å²) in [5.74, 6) is -0.338. The second-order valence-corrected chi connectivity index (χ2v) is 7.81. The normalized spacial score (nSPS) is 14.8. The first kappa shape index (κ1) is 17.7. The molecule has 0 spiro atoms. The number of hydrogen-bond acceptors (Lipinski definition) is 4. The zero-order valence-electron chi connectivity index (χ0n) is 14.3. The van der Waals surface area contributed by atoms with Gasteiger partial charge in [0.1, 0.15) is 5.70 Å². The van der Waals surface area contributed by atoms with E-state index in [9.17, 15) is 9.59 Å². The molecule has 3 rings (SSSR count). The number of amides is 2. The highest BCUT2D eigenvalue weighted by Gasteiger charge is 2.39. The zero-order valence-corrected chi connectivity index (χ0v) is 15.9. The van der Waals surface area contributed by atoms with Crippen molar-refractivity contribution in [3.63, 3.8) is 0 Å². The number of hydrogen-bond donors (Lipinski definition) is 1. The third-order valence-corrected chi connectivity index (χ3v) is 5.07. The summed E-state index contributed by atoms with van der Waals surface area (Å²) in [5.41, 5.74) is 2.42. The van der Waals surface area contributed by atoms with Crippen LogP contribution in [0.4, 0.5) is 5.69 Å². The van der Waals surface area contributed by atoms with E-state index in [4.69, 9.17) is 11.6 Å². The summed E-state index contributed by atoms with van der Waals surface area (Å²) in [6, 6.07) is 9.17. The van der Waals surface area contributed by atoms with E-state index in [1.54, 1.807) is 12.1 Å². The fourth-order valence-electron chi connectivity index (χ4n) is 2.74. The third-order valence-electron chi connectivity index (χ3n) is 3.94. The van der Waals surface area contributed by atoms with Crippen molar-refractivity contribution in [2.75, 3.05) is 11.9 Å².